The number of nitrogens with one attached hydrogen (secondary N) is 1. The number of rotatable bonds is 6. The second-order valence-electron chi connectivity index (χ2n) is 5.51. The first kappa shape index (κ1) is 20.7. The lowest BCUT2D eigenvalue weighted by atomic mass is 10.2. The second kappa shape index (κ2) is 8.85. The van der Waals surface area contributed by atoms with Crippen LogP contribution in [0, 0.1) is 13.8 Å². The Morgan fingerprint density at radius 3 is 2.44 bits per heavy atom. The first-order chi connectivity index (χ1) is 12.6. The van der Waals surface area contributed by atoms with Crippen LogP contribution < -0.4 is 5.32 Å². The van der Waals surface area contributed by atoms with Gasteiger partial charge in [0.1, 0.15) is 0 Å². The molecule has 6 nitrogen and oxygen atoms in total. The SMILES string of the molecule is Cc1cc(C)nc(SCC(=O)OCC(=O)Nc2cccc(C(F)(F)F)c2)n1. The van der Waals surface area contributed by atoms with Gasteiger partial charge >= 0.3 is 12.1 Å². The Kier molecular flexibility index (Phi) is 6.78. The third-order valence-electron chi connectivity index (χ3n) is 3.12. The molecule has 0 radical (unpaired) electrons. The molecule has 0 bridgehead atoms. The number of amides is 1. The average molecular weight is 399 g/mol. The molecule has 0 aliphatic carbocycles. The average Bonchev–Trinajstić information content (AvgIpc) is 2.57. The summed E-state index contributed by atoms with van der Waals surface area (Å²) in [6, 6.07) is 5.96. The monoisotopic (exact) mass is 399 g/mol. The van der Waals surface area contributed by atoms with Crippen molar-refractivity contribution in [1.29, 1.82) is 0 Å². The minimum atomic E-state index is -4.51. The minimum Gasteiger partial charge on any atom is -0.455 e. The fourth-order valence-corrected chi connectivity index (χ4v) is 2.79. The topological polar surface area (TPSA) is 81.2 Å². The summed E-state index contributed by atoms with van der Waals surface area (Å²) < 4.78 is 42.7. The fraction of sp³-hybridized carbons (Fsp3) is 0.294. The highest BCUT2D eigenvalue weighted by Crippen LogP contribution is 2.30. The van der Waals surface area contributed by atoms with Gasteiger partial charge in [-0.15, -0.1) is 0 Å². The number of alkyl halides is 3. The van der Waals surface area contributed by atoms with Crippen LogP contribution in [0.15, 0.2) is 35.5 Å². The number of carbonyl (C=O) groups is 2. The van der Waals surface area contributed by atoms with Crippen LogP contribution in [0.1, 0.15) is 17.0 Å². The summed E-state index contributed by atoms with van der Waals surface area (Å²) in [5.41, 5.74) is 0.601. The van der Waals surface area contributed by atoms with Crippen molar-refractivity contribution in [2.75, 3.05) is 17.7 Å². The number of esters is 1. The molecular formula is C17H16F3N3O3S. The van der Waals surface area contributed by atoms with Gasteiger partial charge in [0.15, 0.2) is 11.8 Å². The maximum atomic E-state index is 12.6. The summed E-state index contributed by atoms with van der Waals surface area (Å²) in [5, 5.41) is 2.67. The quantitative estimate of drug-likeness (QED) is 0.456. The molecular weight excluding hydrogens is 383 g/mol. The van der Waals surface area contributed by atoms with E-state index in [9.17, 15) is 22.8 Å². The molecule has 1 aromatic heterocycles. The zero-order valence-corrected chi connectivity index (χ0v) is 15.3. The van der Waals surface area contributed by atoms with Crippen LogP contribution in [0.3, 0.4) is 0 Å². The Balaban J connectivity index is 1.80. The lowest BCUT2D eigenvalue weighted by Crippen LogP contribution is -2.22. The molecule has 10 heteroatoms. The predicted octanol–water partition coefficient (Wildman–Crippen LogP) is 3.39. The van der Waals surface area contributed by atoms with Gasteiger partial charge in [0, 0.05) is 17.1 Å². The largest absolute Gasteiger partial charge is 0.455 e. The van der Waals surface area contributed by atoms with E-state index in [2.05, 4.69) is 15.3 Å². The Morgan fingerprint density at radius 2 is 1.81 bits per heavy atom. The molecule has 144 valence electrons. The van der Waals surface area contributed by atoms with Crippen LogP contribution in [0.25, 0.3) is 0 Å². The van der Waals surface area contributed by atoms with E-state index < -0.39 is 30.2 Å². The molecule has 0 saturated carbocycles. The molecule has 2 rings (SSSR count). The molecule has 0 aliphatic heterocycles. The van der Waals surface area contributed by atoms with Crippen molar-refractivity contribution in [3.8, 4) is 0 Å². The van der Waals surface area contributed by atoms with Gasteiger partial charge < -0.3 is 10.1 Å². The number of benzene rings is 1. The van der Waals surface area contributed by atoms with Crippen molar-refractivity contribution in [3.63, 3.8) is 0 Å². The molecule has 1 amide bonds. The predicted molar refractivity (Wildman–Crippen MR) is 93.3 cm³/mol. The standard InChI is InChI=1S/C17H16F3N3O3S/c1-10-6-11(2)22-16(21-10)27-9-15(25)26-8-14(24)23-13-5-3-4-12(7-13)17(18,19)20/h3-7H,8-9H2,1-2H3,(H,23,24). The van der Waals surface area contributed by atoms with Crippen molar-refractivity contribution < 1.29 is 27.5 Å². The molecule has 0 atom stereocenters. The van der Waals surface area contributed by atoms with Gasteiger partial charge in [0.05, 0.1) is 11.3 Å². The van der Waals surface area contributed by atoms with Crippen LogP contribution in [0.5, 0.6) is 0 Å². The van der Waals surface area contributed by atoms with Crippen LogP contribution >= 0.6 is 11.8 Å². The van der Waals surface area contributed by atoms with Gasteiger partial charge in [-0.3, -0.25) is 9.59 Å². The summed E-state index contributed by atoms with van der Waals surface area (Å²) >= 11 is 1.06. The lowest BCUT2D eigenvalue weighted by molar-refractivity contribution is -0.144. The van der Waals surface area contributed by atoms with Gasteiger partial charge in [0.2, 0.25) is 0 Å². The second-order valence-corrected chi connectivity index (χ2v) is 6.45. The maximum absolute atomic E-state index is 12.6. The normalized spacial score (nSPS) is 11.1. The van der Waals surface area contributed by atoms with Crippen LogP contribution in [0.2, 0.25) is 0 Å². The molecule has 0 unspecified atom stereocenters. The number of hydrogen-bond donors (Lipinski definition) is 1. The molecule has 2 aromatic rings. The number of anilines is 1. The molecule has 0 aliphatic rings. The van der Waals surface area contributed by atoms with Gasteiger partial charge in [-0.05, 0) is 38.1 Å². The number of hydrogen-bond acceptors (Lipinski definition) is 6. The van der Waals surface area contributed by atoms with Gasteiger partial charge in [-0.25, -0.2) is 9.97 Å². The summed E-state index contributed by atoms with van der Waals surface area (Å²) in [6.45, 7) is 2.99. The number of aromatic nitrogens is 2. The first-order valence-electron chi connectivity index (χ1n) is 7.71. The van der Waals surface area contributed by atoms with Crippen molar-refractivity contribution >= 4 is 29.3 Å². The number of carbonyl (C=O) groups excluding carboxylic acids is 2. The third kappa shape index (κ3) is 6.89. The third-order valence-corrected chi connectivity index (χ3v) is 3.94. The summed E-state index contributed by atoms with van der Waals surface area (Å²) in [5.74, 6) is -1.50. The van der Waals surface area contributed by atoms with Crippen LogP contribution in [0.4, 0.5) is 18.9 Å². The summed E-state index contributed by atoms with van der Waals surface area (Å²) in [7, 11) is 0. The highest BCUT2D eigenvalue weighted by molar-refractivity contribution is 7.99. The Morgan fingerprint density at radius 1 is 1.15 bits per heavy atom. The Labute approximate surface area is 157 Å². The number of nitrogens with zero attached hydrogens (tertiary/aromatic N) is 2. The fourth-order valence-electron chi connectivity index (χ4n) is 2.04. The van der Waals surface area contributed by atoms with Crippen molar-refractivity contribution in [2.24, 2.45) is 0 Å². The minimum absolute atomic E-state index is 0.0381. The zero-order chi connectivity index (χ0) is 20.0. The van der Waals surface area contributed by atoms with E-state index in [-0.39, 0.29) is 11.4 Å². The van der Waals surface area contributed by atoms with E-state index in [0.717, 1.165) is 35.3 Å². The van der Waals surface area contributed by atoms with Gasteiger partial charge in [-0.2, -0.15) is 13.2 Å². The molecule has 0 spiro atoms. The molecule has 1 aromatic carbocycles. The van der Waals surface area contributed by atoms with E-state index >= 15 is 0 Å². The highest BCUT2D eigenvalue weighted by atomic mass is 32.2. The van der Waals surface area contributed by atoms with Crippen molar-refractivity contribution in [2.45, 2.75) is 25.2 Å². The van der Waals surface area contributed by atoms with E-state index in [1.54, 1.807) is 19.9 Å². The van der Waals surface area contributed by atoms with Crippen molar-refractivity contribution in [1.82, 2.24) is 9.97 Å². The number of aryl methyl sites for hydroxylation is 2. The number of ether oxygens (including phenoxy) is 1. The smallest absolute Gasteiger partial charge is 0.416 e. The molecule has 27 heavy (non-hydrogen) atoms. The van der Waals surface area contributed by atoms with E-state index in [1.807, 2.05) is 0 Å². The Bertz CT molecular complexity index is 823. The van der Waals surface area contributed by atoms with Crippen LogP contribution in [-0.2, 0) is 20.5 Å². The van der Waals surface area contributed by atoms with Gasteiger partial charge in [-0.1, -0.05) is 17.8 Å². The molecule has 0 saturated heterocycles. The van der Waals surface area contributed by atoms with Gasteiger partial charge in [0.25, 0.3) is 5.91 Å². The van der Waals surface area contributed by atoms with Crippen LogP contribution in [-0.4, -0.2) is 34.2 Å². The zero-order valence-electron chi connectivity index (χ0n) is 14.5. The summed E-state index contributed by atoms with van der Waals surface area (Å²) in [6.07, 6.45) is -4.51. The first-order valence-corrected chi connectivity index (χ1v) is 8.70. The van der Waals surface area contributed by atoms with E-state index in [1.165, 1.54) is 12.1 Å². The van der Waals surface area contributed by atoms with E-state index in [0.29, 0.717) is 5.16 Å². The van der Waals surface area contributed by atoms with Crippen molar-refractivity contribution in [3.05, 3.63) is 47.3 Å². The number of halogens is 3. The highest BCUT2D eigenvalue weighted by Gasteiger charge is 2.30. The summed E-state index contributed by atoms with van der Waals surface area (Å²) in [4.78, 5) is 31.8. The van der Waals surface area contributed by atoms with E-state index in [4.69, 9.17) is 4.74 Å². The number of thioether (sulfide) groups is 1. The molecule has 1 heterocycles. The maximum Gasteiger partial charge on any atom is 0.416 e. The lowest BCUT2D eigenvalue weighted by Gasteiger charge is -2.10. The molecule has 0 fully saturated rings. The molecule has 1 N–H and O–H groups in total. The Hall–Kier alpha value is -2.62.